The molecule has 0 aliphatic heterocycles. The number of benzene rings is 1. The molecule has 0 fully saturated rings. The Labute approximate surface area is 103 Å². The Bertz CT molecular complexity index is 355. The van der Waals surface area contributed by atoms with E-state index in [1.54, 1.807) is 13.2 Å². The molecule has 0 N–H and O–H groups in total. The van der Waals surface area contributed by atoms with Gasteiger partial charge in [0.1, 0.15) is 0 Å². The van der Waals surface area contributed by atoms with Gasteiger partial charge in [-0.05, 0) is 0 Å². The van der Waals surface area contributed by atoms with Gasteiger partial charge < -0.3 is 0 Å². The first-order valence-electron chi connectivity index (χ1n) is 4.54. The van der Waals surface area contributed by atoms with Crippen molar-refractivity contribution >= 4 is 19.6 Å². The van der Waals surface area contributed by atoms with E-state index in [1.165, 1.54) is 7.11 Å². The molecule has 0 aliphatic rings. The number of carbonyl (C=O) groups excluding carboxylic acids is 1. The van der Waals surface area contributed by atoms with Gasteiger partial charge in [0.05, 0.1) is 0 Å². The van der Waals surface area contributed by atoms with E-state index in [9.17, 15) is 4.79 Å². The summed E-state index contributed by atoms with van der Waals surface area (Å²) in [6.45, 7) is 0. The van der Waals surface area contributed by atoms with Gasteiger partial charge in [-0.15, -0.1) is 0 Å². The number of rotatable bonds is 4. The Hall–Kier alpha value is -0.407. The molecule has 1 aromatic rings. The van der Waals surface area contributed by atoms with Crippen molar-refractivity contribution < 1.29 is 29.4 Å². The second kappa shape index (κ2) is 6.24. The summed E-state index contributed by atoms with van der Waals surface area (Å²) < 4.78 is 9.89. The van der Waals surface area contributed by atoms with Crippen molar-refractivity contribution in [1.82, 2.24) is 0 Å². The number of carbonyl (C=O) groups is 1. The fraction of sp³-hybridized carbons (Fsp3) is 0.300. The summed E-state index contributed by atoms with van der Waals surface area (Å²) in [6.07, 6.45) is 0. The Morgan fingerprint density at radius 2 is 2.20 bits per heavy atom. The zero-order valence-corrected chi connectivity index (χ0v) is 13.3. The maximum atomic E-state index is 11.3. The molecule has 0 spiro atoms. The van der Waals surface area contributed by atoms with Crippen LogP contribution in [0.1, 0.15) is 15.9 Å². The van der Waals surface area contributed by atoms with Crippen molar-refractivity contribution in [3.8, 4) is 5.75 Å². The molecule has 0 saturated heterocycles. The van der Waals surface area contributed by atoms with E-state index in [1.807, 2.05) is 12.1 Å². The average molecular weight is 324 g/mol. The molecule has 5 heteroatoms. The van der Waals surface area contributed by atoms with Crippen LogP contribution in [0.3, 0.4) is 0 Å². The first-order chi connectivity index (χ1) is 7.22. The van der Waals surface area contributed by atoms with Crippen molar-refractivity contribution in [2.24, 2.45) is 0 Å². The minimum absolute atomic E-state index is 0.305. The van der Waals surface area contributed by atoms with Crippen LogP contribution in [0.2, 0.25) is 0 Å². The number of hydrogen-bond acceptors (Lipinski definition) is 3. The third-order valence-corrected chi connectivity index (χ3v) is 5.65. The molecule has 0 aromatic heterocycles. The van der Waals surface area contributed by atoms with Crippen LogP contribution in [0.5, 0.6) is 5.75 Å². The second-order valence-corrected chi connectivity index (χ2v) is 8.92. The topological polar surface area (TPSA) is 35.5 Å². The van der Waals surface area contributed by atoms with Gasteiger partial charge >= 0.3 is 103 Å². The summed E-state index contributed by atoms with van der Waals surface area (Å²) in [6, 6.07) is 5.37. The van der Waals surface area contributed by atoms with E-state index in [4.69, 9.17) is 4.74 Å². The van der Waals surface area contributed by atoms with Gasteiger partial charge in [0.25, 0.3) is 0 Å². The summed E-state index contributed by atoms with van der Waals surface area (Å²) in [4.78, 5) is 11.3. The van der Waals surface area contributed by atoms with E-state index < -0.39 is 15.2 Å². The molecule has 3 nitrogen and oxygen atoms in total. The van der Waals surface area contributed by atoms with Gasteiger partial charge in [0.15, 0.2) is 0 Å². The van der Waals surface area contributed by atoms with Gasteiger partial charge in [-0.2, -0.15) is 0 Å². The first kappa shape index (κ1) is 12.7. The fourth-order valence-corrected chi connectivity index (χ4v) is 4.79. The summed E-state index contributed by atoms with van der Waals surface area (Å²) in [7, 11) is 3.02. The van der Waals surface area contributed by atoms with Gasteiger partial charge in [-0.3, -0.25) is 0 Å². The Morgan fingerprint density at radius 1 is 1.47 bits per heavy atom. The van der Waals surface area contributed by atoms with Crippen molar-refractivity contribution in [3.05, 3.63) is 29.3 Å². The molecule has 1 rings (SSSR count). The Balaban J connectivity index is 3.04. The average Bonchev–Trinajstić information content (AvgIpc) is 2.28. The van der Waals surface area contributed by atoms with Crippen LogP contribution >= 0.6 is 13.6 Å². The monoisotopic (exact) mass is 322 g/mol. The minimum atomic E-state index is -0.670. The molecule has 1 aromatic carbocycles. The van der Waals surface area contributed by atoms with E-state index in [0.29, 0.717) is 5.56 Å². The molecule has 0 atom stereocenters. The molecule has 0 saturated carbocycles. The van der Waals surface area contributed by atoms with Crippen LogP contribution in [0.4, 0.5) is 0 Å². The normalized spacial score (nSPS) is 9.27. The van der Waals surface area contributed by atoms with Gasteiger partial charge in [0.2, 0.25) is 0 Å². The summed E-state index contributed by atoms with van der Waals surface area (Å²) in [5.74, 6) is 0.536. The molecule has 78 valence electrons. The van der Waals surface area contributed by atoms with Crippen LogP contribution in [0, 0.1) is 0 Å². The number of hydrogen-bond donors (Lipinski definition) is 0. The molecule has 0 amide bonds. The molecular weight excluding hydrogens is 313 g/mol. The van der Waals surface area contributed by atoms with Crippen LogP contribution in [-0.2, 0) is 24.9 Å². The zero-order chi connectivity index (χ0) is 11.3. The molecule has 0 heterocycles. The quantitative estimate of drug-likeness (QED) is 0.630. The fourth-order valence-electron chi connectivity index (χ4n) is 1.32. The third kappa shape index (κ3) is 3.28. The van der Waals surface area contributed by atoms with Gasteiger partial charge in [-0.1, -0.05) is 0 Å². The van der Waals surface area contributed by atoms with Gasteiger partial charge in [-0.25, -0.2) is 0 Å². The molecule has 0 unspecified atom stereocenters. The Kier molecular flexibility index (Phi) is 5.26. The number of esters is 1. The number of halogens is 1. The zero-order valence-electron chi connectivity index (χ0n) is 8.75. The third-order valence-electron chi connectivity index (χ3n) is 2.07. The van der Waals surface area contributed by atoms with Crippen molar-refractivity contribution in [3.63, 3.8) is 0 Å². The maximum absolute atomic E-state index is 11.3. The number of ether oxygens (including phenoxy) is 2. The van der Waals surface area contributed by atoms with Crippen molar-refractivity contribution in [1.29, 1.82) is 0 Å². The van der Waals surface area contributed by atoms with E-state index in [0.717, 1.165) is 16.3 Å². The predicted octanol–water partition coefficient (Wildman–Crippen LogP) is 2.37. The molecule has 15 heavy (non-hydrogen) atoms. The van der Waals surface area contributed by atoms with Gasteiger partial charge in [0, 0.05) is 0 Å². The van der Waals surface area contributed by atoms with E-state index >= 15 is 0 Å². The predicted molar refractivity (Wildman–Crippen MR) is 57.0 cm³/mol. The molecule has 0 aliphatic carbocycles. The summed E-state index contributed by atoms with van der Waals surface area (Å²) >= 11 is 2.87. The molecule has 0 bridgehead atoms. The van der Waals surface area contributed by atoms with Crippen molar-refractivity contribution in [2.45, 2.75) is 5.02 Å². The molecular formula is C10H11BrO3Zn. The standard InChI is InChI=1S/C10H11O3.BrH.Zn/c1-7-6-8(10(11)13-3)4-5-9(7)12-2;;/h4-6H,1H2,2-3H3;1H;/q;;+1/p-1. The first-order valence-corrected chi connectivity index (χ1v) is 13.6. The molecule has 0 radical (unpaired) electrons. The SMILES string of the molecule is COC(=O)c1ccc(OC)c([CH2][Zn][Br])c1. The van der Waals surface area contributed by atoms with Crippen LogP contribution in [0.15, 0.2) is 18.2 Å². The second-order valence-electron chi connectivity index (χ2n) is 2.96. The Morgan fingerprint density at radius 3 is 2.73 bits per heavy atom. The van der Waals surface area contributed by atoms with Crippen LogP contribution in [0.25, 0.3) is 0 Å². The van der Waals surface area contributed by atoms with Crippen molar-refractivity contribution in [2.75, 3.05) is 14.2 Å². The summed E-state index contributed by atoms with van der Waals surface area (Å²) in [5, 5.41) is 1.00. The summed E-state index contributed by atoms with van der Waals surface area (Å²) in [5.41, 5.74) is 1.66. The van der Waals surface area contributed by atoms with E-state index in [-0.39, 0.29) is 5.97 Å². The van der Waals surface area contributed by atoms with Crippen LogP contribution in [-0.4, -0.2) is 20.2 Å². The van der Waals surface area contributed by atoms with Crippen LogP contribution < -0.4 is 4.74 Å². The van der Waals surface area contributed by atoms with E-state index in [2.05, 4.69) is 18.4 Å². The number of methoxy groups -OCH3 is 2.